The number of nitrogens with one attached hydrogen (secondary N) is 1. The van der Waals surface area contributed by atoms with Crippen molar-refractivity contribution >= 4 is 46.4 Å². The van der Waals surface area contributed by atoms with E-state index in [-0.39, 0.29) is 6.04 Å². The maximum atomic E-state index is 6.23. The van der Waals surface area contributed by atoms with Crippen molar-refractivity contribution in [3.63, 3.8) is 0 Å². The summed E-state index contributed by atoms with van der Waals surface area (Å²) in [6, 6.07) is 9.30. The van der Waals surface area contributed by atoms with Gasteiger partial charge in [-0.25, -0.2) is 10.8 Å². The van der Waals surface area contributed by atoms with E-state index in [0.717, 1.165) is 5.56 Å². The van der Waals surface area contributed by atoms with Gasteiger partial charge in [-0.3, -0.25) is 0 Å². The van der Waals surface area contributed by atoms with Crippen molar-refractivity contribution in [2.24, 2.45) is 5.84 Å². The zero-order chi connectivity index (χ0) is 15.6. The van der Waals surface area contributed by atoms with Crippen molar-refractivity contribution in [1.29, 1.82) is 0 Å². The van der Waals surface area contributed by atoms with Crippen molar-refractivity contribution in [1.82, 2.24) is 4.98 Å². The molecular formula is C14H15Cl3N4. The molecular weight excluding hydrogens is 331 g/mol. The fourth-order valence-electron chi connectivity index (χ4n) is 1.98. The number of hydrazine groups is 1. The molecule has 0 amide bonds. The van der Waals surface area contributed by atoms with Gasteiger partial charge in [0.05, 0.1) is 16.1 Å². The van der Waals surface area contributed by atoms with E-state index in [9.17, 15) is 0 Å². The molecule has 0 aliphatic heterocycles. The van der Waals surface area contributed by atoms with E-state index in [1.54, 1.807) is 6.07 Å². The number of aromatic nitrogens is 1. The van der Waals surface area contributed by atoms with Gasteiger partial charge in [-0.1, -0.05) is 46.9 Å². The van der Waals surface area contributed by atoms with Gasteiger partial charge in [0.2, 0.25) is 0 Å². The van der Waals surface area contributed by atoms with Crippen molar-refractivity contribution in [3.8, 4) is 0 Å². The van der Waals surface area contributed by atoms with Crippen LogP contribution in [0.5, 0.6) is 0 Å². The van der Waals surface area contributed by atoms with Gasteiger partial charge in [-0.15, -0.1) is 0 Å². The van der Waals surface area contributed by atoms with E-state index in [1.807, 2.05) is 43.1 Å². The normalized spacial score (nSPS) is 12.1. The summed E-state index contributed by atoms with van der Waals surface area (Å²) in [7, 11) is 1.90. The average molecular weight is 346 g/mol. The van der Waals surface area contributed by atoms with Gasteiger partial charge in [0, 0.05) is 12.1 Å². The molecule has 1 aromatic heterocycles. The van der Waals surface area contributed by atoms with E-state index < -0.39 is 0 Å². The highest BCUT2D eigenvalue weighted by atomic mass is 35.5. The summed E-state index contributed by atoms with van der Waals surface area (Å²) >= 11 is 18.3. The first-order valence-corrected chi connectivity index (χ1v) is 7.38. The highest BCUT2D eigenvalue weighted by Gasteiger charge is 2.18. The van der Waals surface area contributed by atoms with Crippen LogP contribution in [0.15, 0.2) is 30.3 Å². The van der Waals surface area contributed by atoms with Crippen LogP contribution in [0.2, 0.25) is 15.1 Å². The SMILES string of the molecule is CC(c1cccc(Cl)c1)N(C)c1nc(NN)c(Cl)cc1Cl. The van der Waals surface area contributed by atoms with E-state index in [4.69, 9.17) is 40.6 Å². The molecule has 7 heteroatoms. The van der Waals surface area contributed by atoms with Gasteiger partial charge in [0.15, 0.2) is 5.82 Å². The molecule has 1 aromatic carbocycles. The van der Waals surface area contributed by atoms with Crippen LogP contribution in [0.25, 0.3) is 0 Å². The summed E-state index contributed by atoms with van der Waals surface area (Å²) in [5.74, 6) is 6.36. The number of hydrogen-bond donors (Lipinski definition) is 2. The molecule has 2 rings (SSSR count). The molecule has 4 nitrogen and oxygen atoms in total. The number of halogens is 3. The minimum atomic E-state index is 0.0282. The van der Waals surface area contributed by atoms with Crippen molar-refractivity contribution < 1.29 is 0 Å². The van der Waals surface area contributed by atoms with Gasteiger partial charge in [-0.2, -0.15) is 0 Å². The zero-order valence-electron chi connectivity index (χ0n) is 11.6. The lowest BCUT2D eigenvalue weighted by Crippen LogP contribution is -2.23. The second-order valence-electron chi connectivity index (χ2n) is 4.61. The second-order valence-corrected chi connectivity index (χ2v) is 5.86. The summed E-state index contributed by atoms with van der Waals surface area (Å²) in [6.07, 6.45) is 0. The Hall–Kier alpha value is -1.20. The lowest BCUT2D eigenvalue weighted by atomic mass is 10.1. The largest absolute Gasteiger partial charge is 0.352 e. The van der Waals surface area contributed by atoms with E-state index in [1.165, 1.54) is 0 Å². The fraction of sp³-hybridized carbons (Fsp3) is 0.214. The first-order valence-electron chi connectivity index (χ1n) is 6.25. The Balaban J connectivity index is 2.37. The number of benzene rings is 1. The van der Waals surface area contributed by atoms with Crippen LogP contribution in [0, 0.1) is 0 Å². The Morgan fingerprint density at radius 2 is 1.90 bits per heavy atom. The number of anilines is 2. The van der Waals surface area contributed by atoms with Crippen LogP contribution in [0.3, 0.4) is 0 Å². The predicted octanol–water partition coefficient (Wildman–Crippen LogP) is 4.52. The minimum Gasteiger partial charge on any atom is -0.352 e. The molecule has 1 atom stereocenters. The van der Waals surface area contributed by atoms with Crippen LogP contribution >= 0.6 is 34.8 Å². The fourth-order valence-corrected chi connectivity index (χ4v) is 2.72. The van der Waals surface area contributed by atoms with Gasteiger partial charge in [-0.05, 0) is 30.7 Å². The Morgan fingerprint density at radius 1 is 1.19 bits per heavy atom. The monoisotopic (exact) mass is 344 g/mol. The van der Waals surface area contributed by atoms with Crippen LogP contribution in [0.4, 0.5) is 11.6 Å². The minimum absolute atomic E-state index is 0.0282. The number of hydrogen-bond acceptors (Lipinski definition) is 4. The molecule has 0 radical (unpaired) electrons. The third-order valence-corrected chi connectivity index (χ3v) is 4.10. The van der Waals surface area contributed by atoms with Gasteiger partial charge in [0.1, 0.15) is 5.82 Å². The summed E-state index contributed by atoms with van der Waals surface area (Å²) < 4.78 is 0. The molecule has 1 unspecified atom stereocenters. The van der Waals surface area contributed by atoms with Crippen molar-refractivity contribution in [2.75, 3.05) is 17.4 Å². The maximum Gasteiger partial charge on any atom is 0.161 e. The standard InChI is InChI=1S/C14H15Cl3N4/c1-8(9-4-3-5-10(15)6-9)21(2)14-12(17)7-11(16)13(19-14)20-18/h3-8H,18H2,1-2H3,(H,19,20). The molecule has 0 saturated heterocycles. The number of pyridine rings is 1. The third-order valence-electron chi connectivity index (χ3n) is 3.29. The van der Waals surface area contributed by atoms with E-state index in [2.05, 4.69) is 10.4 Å². The summed E-state index contributed by atoms with van der Waals surface area (Å²) in [5, 5.41) is 1.51. The quantitative estimate of drug-likeness (QED) is 0.631. The number of nitrogen functional groups attached to an aromatic ring is 1. The highest BCUT2D eigenvalue weighted by molar-refractivity contribution is 6.37. The molecule has 0 saturated carbocycles. The Labute approximate surface area is 138 Å². The third kappa shape index (κ3) is 3.52. The maximum absolute atomic E-state index is 6.23. The molecule has 0 bridgehead atoms. The summed E-state index contributed by atoms with van der Waals surface area (Å²) in [5.41, 5.74) is 3.51. The average Bonchev–Trinajstić information content (AvgIpc) is 2.46. The van der Waals surface area contributed by atoms with Crippen molar-refractivity contribution in [3.05, 3.63) is 51.0 Å². The second kappa shape index (κ2) is 6.71. The summed E-state index contributed by atoms with van der Waals surface area (Å²) in [6.45, 7) is 2.04. The zero-order valence-corrected chi connectivity index (χ0v) is 13.8. The molecule has 2 aromatic rings. The van der Waals surface area contributed by atoms with Crippen LogP contribution in [0.1, 0.15) is 18.5 Å². The van der Waals surface area contributed by atoms with Crippen LogP contribution in [-0.4, -0.2) is 12.0 Å². The predicted molar refractivity (Wildman–Crippen MR) is 90.3 cm³/mol. The number of nitrogens with two attached hydrogens (primary N) is 1. The van der Waals surface area contributed by atoms with Crippen molar-refractivity contribution in [2.45, 2.75) is 13.0 Å². The molecule has 21 heavy (non-hydrogen) atoms. The smallest absolute Gasteiger partial charge is 0.161 e. The summed E-state index contributed by atoms with van der Waals surface area (Å²) in [4.78, 5) is 6.29. The lowest BCUT2D eigenvalue weighted by Gasteiger charge is -2.27. The van der Waals surface area contributed by atoms with Gasteiger partial charge in [0.25, 0.3) is 0 Å². The first-order chi connectivity index (χ1) is 9.93. The lowest BCUT2D eigenvalue weighted by molar-refractivity contribution is 0.729. The first kappa shape index (κ1) is 16.2. The molecule has 0 fully saturated rings. The Bertz CT molecular complexity index is 648. The Kier molecular flexibility index (Phi) is 5.17. The molecule has 0 aliphatic carbocycles. The van der Waals surface area contributed by atoms with Crippen LogP contribution in [-0.2, 0) is 0 Å². The number of nitrogens with zero attached hydrogens (tertiary/aromatic N) is 2. The van der Waals surface area contributed by atoms with Gasteiger partial charge < -0.3 is 10.3 Å². The Morgan fingerprint density at radius 3 is 2.52 bits per heavy atom. The highest BCUT2D eigenvalue weighted by Crippen LogP contribution is 2.34. The topological polar surface area (TPSA) is 54.2 Å². The molecule has 0 spiro atoms. The van der Waals surface area contributed by atoms with Crippen LogP contribution < -0.4 is 16.2 Å². The van der Waals surface area contributed by atoms with Gasteiger partial charge >= 0.3 is 0 Å². The molecule has 0 aliphatic rings. The molecule has 3 N–H and O–H groups in total. The molecule has 1 heterocycles. The number of rotatable bonds is 4. The van der Waals surface area contributed by atoms with E-state index >= 15 is 0 Å². The molecule has 112 valence electrons. The van der Waals surface area contributed by atoms with E-state index in [0.29, 0.717) is 26.7 Å².